The molecule has 2 aromatic rings. The summed E-state index contributed by atoms with van der Waals surface area (Å²) in [5.41, 5.74) is 0.547. The van der Waals surface area contributed by atoms with Crippen LogP contribution in [0, 0.1) is 5.82 Å². The predicted octanol–water partition coefficient (Wildman–Crippen LogP) is 2.39. The van der Waals surface area contributed by atoms with Crippen molar-refractivity contribution in [3.8, 4) is 0 Å². The molecule has 1 fully saturated rings. The Balaban J connectivity index is 1.73. The summed E-state index contributed by atoms with van der Waals surface area (Å²) in [7, 11) is -0.392. The number of piperidine rings is 1. The highest BCUT2D eigenvalue weighted by Gasteiger charge is 2.33. The SMILES string of the molecule is CN(C)S(=O)(=O)N1CCC[C@@H](c2ncc(Cc3ccccc3F)o2)C1. The maximum atomic E-state index is 13.8. The van der Waals surface area contributed by atoms with Gasteiger partial charge in [-0.25, -0.2) is 9.37 Å². The molecule has 25 heavy (non-hydrogen) atoms. The van der Waals surface area contributed by atoms with Crippen LogP contribution < -0.4 is 0 Å². The Morgan fingerprint density at radius 1 is 1.36 bits per heavy atom. The van der Waals surface area contributed by atoms with E-state index in [9.17, 15) is 12.8 Å². The lowest BCUT2D eigenvalue weighted by molar-refractivity contribution is 0.270. The highest BCUT2D eigenvalue weighted by atomic mass is 32.2. The van der Waals surface area contributed by atoms with Gasteiger partial charge < -0.3 is 4.42 Å². The van der Waals surface area contributed by atoms with Crippen molar-refractivity contribution < 1.29 is 17.2 Å². The summed E-state index contributed by atoms with van der Waals surface area (Å²) in [4.78, 5) is 4.30. The molecule has 0 saturated carbocycles. The zero-order valence-electron chi connectivity index (χ0n) is 14.4. The van der Waals surface area contributed by atoms with Crippen LogP contribution in [0.5, 0.6) is 0 Å². The van der Waals surface area contributed by atoms with E-state index in [4.69, 9.17) is 4.42 Å². The fraction of sp³-hybridized carbons (Fsp3) is 0.471. The molecule has 0 unspecified atom stereocenters. The lowest BCUT2D eigenvalue weighted by atomic mass is 10.00. The van der Waals surface area contributed by atoms with E-state index >= 15 is 0 Å². The van der Waals surface area contributed by atoms with Gasteiger partial charge in [0.1, 0.15) is 11.6 Å². The molecule has 0 amide bonds. The van der Waals surface area contributed by atoms with Crippen molar-refractivity contribution in [2.75, 3.05) is 27.2 Å². The van der Waals surface area contributed by atoms with E-state index < -0.39 is 10.2 Å². The van der Waals surface area contributed by atoms with Gasteiger partial charge in [0.25, 0.3) is 10.2 Å². The van der Waals surface area contributed by atoms with Crippen LogP contribution in [0.4, 0.5) is 4.39 Å². The summed E-state index contributed by atoms with van der Waals surface area (Å²) in [6, 6.07) is 6.55. The summed E-state index contributed by atoms with van der Waals surface area (Å²) < 4.78 is 46.8. The van der Waals surface area contributed by atoms with Crippen molar-refractivity contribution in [2.45, 2.75) is 25.2 Å². The summed E-state index contributed by atoms with van der Waals surface area (Å²) in [5, 5.41) is 0. The van der Waals surface area contributed by atoms with Gasteiger partial charge in [0, 0.05) is 39.5 Å². The molecule has 0 radical (unpaired) electrons. The molecule has 8 heteroatoms. The van der Waals surface area contributed by atoms with E-state index in [1.807, 2.05) is 0 Å². The molecule has 2 heterocycles. The first kappa shape index (κ1) is 18.0. The van der Waals surface area contributed by atoms with E-state index in [2.05, 4.69) is 4.98 Å². The molecule has 0 aliphatic carbocycles. The van der Waals surface area contributed by atoms with Gasteiger partial charge >= 0.3 is 0 Å². The molecule has 0 bridgehead atoms. The molecule has 0 spiro atoms. The van der Waals surface area contributed by atoms with Gasteiger partial charge in [0.15, 0.2) is 5.89 Å². The maximum Gasteiger partial charge on any atom is 0.281 e. The Morgan fingerprint density at radius 3 is 2.84 bits per heavy atom. The second kappa shape index (κ2) is 7.23. The van der Waals surface area contributed by atoms with E-state index in [0.29, 0.717) is 36.7 Å². The summed E-state index contributed by atoms with van der Waals surface area (Å²) >= 11 is 0. The molecular weight excluding hydrogens is 345 g/mol. The third kappa shape index (κ3) is 3.91. The molecule has 1 aromatic carbocycles. The zero-order valence-corrected chi connectivity index (χ0v) is 15.2. The number of hydrogen-bond acceptors (Lipinski definition) is 4. The van der Waals surface area contributed by atoms with Gasteiger partial charge in [-0.15, -0.1) is 0 Å². The third-order valence-electron chi connectivity index (χ3n) is 4.42. The first-order valence-corrected chi connectivity index (χ1v) is 9.63. The maximum absolute atomic E-state index is 13.8. The van der Waals surface area contributed by atoms with Gasteiger partial charge in [-0.1, -0.05) is 18.2 Å². The van der Waals surface area contributed by atoms with Gasteiger partial charge in [-0.3, -0.25) is 0 Å². The minimum absolute atomic E-state index is 0.0853. The highest BCUT2D eigenvalue weighted by molar-refractivity contribution is 7.86. The summed E-state index contributed by atoms with van der Waals surface area (Å²) in [6.45, 7) is 0.847. The minimum Gasteiger partial charge on any atom is -0.445 e. The van der Waals surface area contributed by atoms with Crippen molar-refractivity contribution in [1.29, 1.82) is 0 Å². The molecule has 1 aliphatic rings. The summed E-state index contributed by atoms with van der Waals surface area (Å²) in [6.07, 6.45) is 3.50. The Morgan fingerprint density at radius 2 is 2.12 bits per heavy atom. The van der Waals surface area contributed by atoms with Crippen LogP contribution in [0.25, 0.3) is 0 Å². The van der Waals surface area contributed by atoms with Crippen molar-refractivity contribution in [3.05, 3.63) is 53.5 Å². The van der Waals surface area contributed by atoms with Gasteiger partial charge in [-0.05, 0) is 24.5 Å². The predicted molar refractivity (Wildman–Crippen MR) is 91.9 cm³/mol. The van der Waals surface area contributed by atoms with Crippen molar-refractivity contribution in [2.24, 2.45) is 0 Å². The average molecular weight is 367 g/mol. The van der Waals surface area contributed by atoms with Crippen LogP contribution in [0.15, 0.2) is 34.9 Å². The third-order valence-corrected chi connectivity index (χ3v) is 6.32. The van der Waals surface area contributed by atoms with E-state index in [1.165, 1.54) is 28.8 Å². The molecule has 1 saturated heterocycles. The Hall–Kier alpha value is -1.77. The van der Waals surface area contributed by atoms with Crippen molar-refractivity contribution in [1.82, 2.24) is 13.6 Å². The first-order chi connectivity index (χ1) is 11.9. The first-order valence-electron chi connectivity index (χ1n) is 8.23. The van der Waals surface area contributed by atoms with Crippen molar-refractivity contribution in [3.63, 3.8) is 0 Å². The van der Waals surface area contributed by atoms with Gasteiger partial charge in [0.05, 0.1) is 6.20 Å². The highest BCUT2D eigenvalue weighted by Crippen LogP contribution is 2.29. The number of nitrogens with zero attached hydrogens (tertiary/aromatic N) is 3. The second-order valence-electron chi connectivity index (χ2n) is 6.42. The fourth-order valence-electron chi connectivity index (χ4n) is 3.01. The number of rotatable bonds is 5. The molecule has 6 nitrogen and oxygen atoms in total. The number of halogens is 1. The van der Waals surface area contributed by atoms with Crippen molar-refractivity contribution >= 4 is 10.2 Å². The number of benzene rings is 1. The van der Waals surface area contributed by atoms with E-state index in [0.717, 1.165) is 12.8 Å². The topological polar surface area (TPSA) is 66.7 Å². The zero-order chi connectivity index (χ0) is 18.0. The lowest BCUT2D eigenvalue weighted by Crippen LogP contribution is -2.44. The van der Waals surface area contributed by atoms with E-state index in [-0.39, 0.29) is 11.7 Å². The molecule has 1 aliphatic heterocycles. The smallest absolute Gasteiger partial charge is 0.281 e. The lowest BCUT2D eigenvalue weighted by Gasteiger charge is -2.32. The Labute approximate surface area is 147 Å². The second-order valence-corrected chi connectivity index (χ2v) is 8.56. The van der Waals surface area contributed by atoms with Gasteiger partial charge in [-0.2, -0.15) is 17.0 Å². The molecule has 0 N–H and O–H groups in total. The standard InChI is InChI=1S/C17H22FN3O3S/c1-20(2)25(22,23)21-9-5-7-14(12-21)17-19-11-15(24-17)10-13-6-3-4-8-16(13)18/h3-4,6,8,11,14H,5,7,9-10,12H2,1-2H3/t14-/m1/s1. The molecule has 1 atom stereocenters. The number of aromatic nitrogens is 1. The molecule has 136 valence electrons. The molecule has 1 aromatic heterocycles. The van der Waals surface area contributed by atoms with Crippen LogP contribution in [0.2, 0.25) is 0 Å². The van der Waals surface area contributed by atoms with Gasteiger partial charge in [0.2, 0.25) is 0 Å². The monoisotopic (exact) mass is 367 g/mol. The quantitative estimate of drug-likeness (QED) is 0.814. The average Bonchev–Trinajstić information content (AvgIpc) is 3.05. The largest absolute Gasteiger partial charge is 0.445 e. The number of hydrogen-bond donors (Lipinski definition) is 0. The number of oxazole rings is 1. The fourth-order valence-corrected chi connectivity index (χ4v) is 4.20. The Kier molecular flexibility index (Phi) is 5.21. The van der Waals surface area contributed by atoms with Crippen LogP contribution in [0.1, 0.15) is 36.0 Å². The molecule has 3 rings (SSSR count). The van der Waals surface area contributed by atoms with Crippen LogP contribution in [-0.2, 0) is 16.6 Å². The molecular formula is C17H22FN3O3S. The minimum atomic E-state index is -3.44. The van der Waals surface area contributed by atoms with Crippen LogP contribution in [0.3, 0.4) is 0 Å². The Bertz CT molecular complexity index is 835. The van der Waals surface area contributed by atoms with E-state index in [1.54, 1.807) is 24.4 Å². The summed E-state index contributed by atoms with van der Waals surface area (Å²) in [5.74, 6) is 0.733. The normalized spacial score (nSPS) is 19.4. The van der Waals surface area contributed by atoms with Crippen LogP contribution in [-0.4, -0.2) is 49.2 Å². The van der Waals surface area contributed by atoms with Crippen LogP contribution >= 0.6 is 0 Å².